The molecule has 1 aromatic rings. The van der Waals surface area contributed by atoms with Gasteiger partial charge < -0.3 is 5.11 Å². The van der Waals surface area contributed by atoms with Crippen molar-refractivity contribution < 1.29 is 13.5 Å². The third-order valence-corrected chi connectivity index (χ3v) is 6.05. The standard InChI is InChI=1S/C9H14BrNO3S2/c1-2-3-7(12)6-11-16(13,14)9-8(10)4-5-15-9/h4-5,7,11-12H,2-3,6H2,1H3. The maximum atomic E-state index is 11.8. The molecule has 1 heterocycles. The molecule has 0 saturated heterocycles. The molecule has 0 aliphatic heterocycles. The Balaban J connectivity index is 2.63. The van der Waals surface area contributed by atoms with Gasteiger partial charge in [0.2, 0.25) is 0 Å². The average molecular weight is 328 g/mol. The molecule has 7 heteroatoms. The highest BCUT2D eigenvalue weighted by Gasteiger charge is 2.19. The van der Waals surface area contributed by atoms with Crippen molar-refractivity contribution in [2.24, 2.45) is 0 Å². The van der Waals surface area contributed by atoms with E-state index in [9.17, 15) is 13.5 Å². The number of aliphatic hydroxyl groups excluding tert-OH is 1. The van der Waals surface area contributed by atoms with E-state index in [0.29, 0.717) is 10.9 Å². The van der Waals surface area contributed by atoms with Gasteiger partial charge in [0.15, 0.2) is 0 Å². The largest absolute Gasteiger partial charge is 0.392 e. The molecule has 92 valence electrons. The molecule has 0 aliphatic rings. The summed E-state index contributed by atoms with van der Waals surface area (Å²) >= 11 is 4.31. The first kappa shape index (κ1) is 14.1. The van der Waals surface area contributed by atoms with Crippen LogP contribution in [0.4, 0.5) is 0 Å². The van der Waals surface area contributed by atoms with E-state index in [-0.39, 0.29) is 10.8 Å². The molecule has 0 saturated carbocycles. The second-order valence-corrected chi connectivity index (χ2v) is 7.08. The zero-order chi connectivity index (χ0) is 12.2. The summed E-state index contributed by atoms with van der Waals surface area (Å²) in [6.07, 6.45) is 0.790. The summed E-state index contributed by atoms with van der Waals surface area (Å²) in [6, 6.07) is 1.68. The van der Waals surface area contributed by atoms with Crippen LogP contribution in [0.25, 0.3) is 0 Å². The highest BCUT2D eigenvalue weighted by atomic mass is 79.9. The number of thiophene rings is 1. The summed E-state index contributed by atoms with van der Waals surface area (Å²) in [7, 11) is -3.50. The van der Waals surface area contributed by atoms with Gasteiger partial charge in [-0.3, -0.25) is 0 Å². The summed E-state index contributed by atoms with van der Waals surface area (Å²) in [4.78, 5) is 0. The fraction of sp³-hybridized carbons (Fsp3) is 0.556. The van der Waals surface area contributed by atoms with E-state index in [1.807, 2.05) is 6.92 Å². The van der Waals surface area contributed by atoms with Crippen LogP contribution in [0, 0.1) is 0 Å². The summed E-state index contributed by atoms with van der Waals surface area (Å²) in [5.74, 6) is 0. The van der Waals surface area contributed by atoms with Gasteiger partial charge >= 0.3 is 0 Å². The predicted octanol–water partition coefficient (Wildman–Crippen LogP) is 1.95. The fourth-order valence-electron chi connectivity index (χ4n) is 1.18. The minimum atomic E-state index is -3.50. The van der Waals surface area contributed by atoms with Gasteiger partial charge in [-0.15, -0.1) is 11.3 Å². The van der Waals surface area contributed by atoms with Gasteiger partial charge in [0.05, 0.1) is 6.10 Å². The van der Waals surface area contributed by atoms with Crippen LogP contribution in [0.3, 0.4) is 0 Å². The van der Waals surface area contributed by atoms with Crippen LogP contribution in [0.1, 0.15) is 19.8 Å². The Kier molecular flexibility index (Phi) is 5.39. The van der Waals surface area contributed by atoms with Gasteiger partial charge in [-0.1, -0.05) is 13.3 Å². The summed E-state index contributed by atoms with van der Waals surface area (Å²) in [5.41, 5.74) is 0. The molecule has 0 spiro atoms. The third kappa shape index (κ3) is 3.81. The van der Waals surface area contributed by atoms with Crippen molar-refractivity contribution in [2.75, 3.05) is 6.54 Å². The second-order valence-electron chi connectivity index (χ2n) is 3.35. The molecule has 16 heavy (non-hydrogen) atoms. The maximum Gasteiger partial charge on any atom is 0.251 e. The van der Waals surface area contributed by atoms with E-state index in [1.165, 1.54) is 0 Å². The Morgan fingerprint density at radius 3 is 2.81 bits per heavy atom. The Morgan fingerprint density at radius 1 is 1.62 bits per heavy atom. The average Bonchev–Trinajstić information content (AvgIpc) is 2.63. The molecule has 0 amide bonds. The van der Waals surface area contributed by atoms with Gasteiger partial charge in [-0.25, -0.2) is 13.1 Å². The van der Waals surface area contributed by atoms with Crippen LogP contribution in [-0.2, 0) is 10.0 Å². The Hall–Kier alpha value is 0.0500. The molecular weight excluding hydrogens is 314 g/mol. The molecule has 0 aliphatic carbocycles. The number of nitrogens with one attached hydrogen (secondary N) is 1. The predicted molar refractivity (Wildman–Crippen MR) is 68.1 cm³/mol. The van der Waals surface area contributed by atoms with Crippen molar-refractivity contribution in [1.29, 1.82) is 0 Å². The van der Waals surface area contributed by atoms with E-state index in [2.05, 4.69) is 20.7 Å². The number of aliphatic hydroxyl groups is 1. The van der Waals surface area contributed by atoms with Crippen molar-refractivity contribution in [3.63, 3.8) is 0 Å². The summed E-state index contributed by atoms with van der Waals surface area (Å²) < 4.78 is 26.7. The smallest absolute Gasteiger partial charge is 0.251 e. The van der Waals surface area contributed by atoms with Crippen molar-refractivity contribution in [1.82, 2.24) is 4.72 Å². The number of rotatable bonds is 6. The monoisotopic (exact) mass is 327 g/mol. The van der Waals surface area contributed by atoms with Crippen LogP contribution in [-0.4, -0.2) is 26.2 Å². The molecule has 1 atom stereocenters. The van der Waals surface area contributed by atoms with Crippen LogP contribution in [0.5, 0.6) is 0 Å². The molecule has 0 radical (unpaired) electrons. The van der Waals surface area contributed by atoms with E-state index < -0.39 is 16.1 Å². The second kappa shape index (κ2) is 6.11. The highest BCUT2D eigenvalue weighted by Crippen LogP contribution is 2.27. The lowest BCUT2D eigenvalue weighted by Crippen LogP contribution is -2.31. The summed E-state index contributed by atoms with van der Waals surface area (Å²) in [5, 5.41) is 11.1. The number of hydrogen-bond donors (Lipinski definition) is 2. The zero-order valence-corrected chi connectivity index (χ0v) is 12.0. The van der Waals surface area contributed by atoms with E-state index in [0.717, 1.165) is 17.8 Å². The van der Waals surface area contributed by atoms with Crippen molar-refractivity contribution >= 4 is 37.3 Å². The topological polar surface area (TPSA) is 66.4 Å². The zero-order valence-electron chi connectivity index (χ0n) is 8.81. The quantitative estimate of drug-likeness (QED) is 0.839. The van der Waals surface area contributed by atoms with Crippen LogP contribution in [0.2, 0.25) is 0 Å². The molecule has 1 unspecified atom stereocenters. The lowest BCUT2D eigenvalue weighted by atomic mass is 10.2. The Labute approximate surface area is 108 Å². The van der Waals surface area contributed by atoms with Crippen LogP contribution in [0.15, 0.2) is 20.1 Å². The number of sulfonamides is 1. The van der Waals surface area contributed by atoms with Gasteiger partial charge in [0.1, 0.15) is 4.21 Å². The third-order valence-electron chi connectivity index (χ3n) is 1.96. The SMILES string of the molecule is CCCC(O)CNS(=O)(=O)c1sccc1Br. The lowest BCUT2D eigenvalue weighted by molar-refractivity contribution is 0.167. The lowest BCUT2D eigenvalue weighted by Gasteiger charge is -2.10. The molecule has 0 aromatic carbocycles. The first-order chi connectivity index (χ1) is 7.47. The minimum Gasteiger partial charge on any atom is -0.392 e. The van der Waals surface area contributed by atoms with Gasteiger partial charge in [0.25, 0.3) is 10.0 Å². The molecule has 4 nitrogen and oxygen atoms in total. The van der Waals surface area contributed by atoms with Gasteiger partial charge in [0, 0.05) is 11.0 Å². The Bertz CT molecular complexity index is 430. The van der Waals surface area contributed by atoms with Crippen LogP contribution < -0.4 is 4.72 Å². The number of halogens is 1. The van der Waals surface area contributed by atoms with E-state index in [1.54, 1.807) is 11.4 Å². The molecular formula is C9H14BrNO3S2. The molecule has 0 bridgehead atoms. The van der Waals surface area contributed by atoms with Gasteiger partial charge in [-0.05, 0) is 33.8 Å². The molecule has 1 rings (SSSR count). The Morgan fingerprint density at radius 2 is 2.31 bits per heavy atom. The van der Waals surface area contributed by atoms with Crippen molar-refractivity contribution in [3.8, 4) is 0 Å². The van der Waals surface area contributed by atoms with Crippen molar-refractivity contribution in [3.05, 3.63) is 15.9 Å². The summed E-state index contributed by atoms with van der Waals surface area (Å²) in [6.45, 7) is 1.99. The minimum absolute atomic E-state index is 0.0561. The molecule has 1 aromatic heterocycles. The maximum absolute atomic E-state index is 11.8. The fourth-order valence-corrected chi connectivity index (χ4v) is 4.63. The first-order valence-electron chi connectivity index (χ1n) is 4.88. The van der Waals surface area contributed by atoms with Crippen LogP contribution >= 0.6 is 27.3 Å². The number of hydrogen-bond acceptors (Lipinski definition) is 4. The van der Waals surface area contributed by atoms with E-state index >= 15 is 0 Å². The molecule has 2 N–H and O–H groups in total. The highest BCUT2D eigenvalue weighted by molar-refractivity contribution is 9.10. The first-order valence-corrected chi connectivity index (χ1v) is 8.03. The van der Waals surface area contributed by atoms with E-state index in [4.69, 9.17) is 0 Å². The normalized spacial score (nSPS) is 13.9. The van der Waals surface area contributed by atoms with Crippen molar-refractivity contribution in [2.45, 2.75) is 30.1 Å². The van der Waals surface area contributed by atoms with Gasteiger partial charge in [-0.2, -0.15) is 0 Å². The molecule has 0 fully saturated rings.